The lowest BCUT2D eigenvalue weighted by atomic mass is 9.99. The van der Waals surface area contributed by atoms with E-state index in [1.165, 1.54) is 6.33 Å². The van der Waals surface area contributed by atoms with Crippen molar-refractivity contribution < 1.29 is 4.74 Å². The first-order valence-electron chi connectivity index (χ1n) is 8.50. The molecule has 9 heteroatoms. The van der Waals surface area contributed by atoms with Crippen LogP contribution in [0.15, 0.2) is 41.3 Å². The summed E-state index contributed by atoms with van der Waals surface area (Å²) in [6.45, 7) is 3.04. The molecule has 0 fully saturated rings. The van der Waals surface area contributed by atoms with Crippen LogP contribution >= 0.6 is 23.2 Å². The van der Waals surface area contributed by atoms with Gasteiger partial charge in [-0.25, -0.2) is 15.1 Å². The van der Waals surface area contributed by atoms with E-state index in [0.29, 0.717) is 43.3 Å². The molecule has 1 aliphatic heterocycles. The van der Waals surface area contributed by atoms with Gasteiger partial charge in [-0.3, -0.25) is 4.79 Å². The van der Waals surface area contributed by atoms with Crippen LogP contribution in [0.25, 0.3) is 0 Å². The second-order valence-corrected chi connectivity index (χ2v) is 7.85. The molecule has 2 aliphatic rings. The number of hydrogen-bond acceptors (Lipinski definition) is 6. The Kier molecular flexibility index (Phi) is 4.65. The number of halogens is 2. The van der Waals surface area contributed by atoms with Gasteiger partial charge in [-0.1, -0.05) is 23.8 Å². The fourth-order valence-electron chi connectivity index (χ4n) is 3.18. The van der Waals surface area contributed by atoms with Gasteiger partial charge in [0.2, 0.25) is 5.88 Å². The summed E-state index contributed by atoms with van der Waals surface area (Å²) in [5, 5.41) is 6.29. The molecule has 7 nitrogen and oxygen atoms in total. The molecule has 1 atom stereocenters. The molecule has 3 heterocycles. The topological polar surface area (TPSA) is 84.0 Å². The number of alkyl halides is 1. The standard InChI is InChI=1S/C18H17Cl2N5O2/c1-18(20)6-3-2-4-14(18)27-17-11-5-7-25(9-12(11)21-10-22-17)13-8-23-24-16(26)15(13)19/h2-4,8,10H,5-7,9H2,1H3,(H,24,26). The maximum Gasteiger partial charge on any atom is 0.285 e. The van der Waals surface area contributed by atoms with Crippen molar-refractivity contribution >= 4 is 28.9 Å². The van der Waals surface area contributed by atoms with Crippen LogP contribution in [0.4, 0.5) is 5.69 Å². The fraction of sp³-hybridized carbons (Fsp3) is 0.333. The molecule has 1 unspecified atom stereocenters. The van der Waals surface area contributed by atoms with Crippen molar-refractivity contribution in [2.75, 3.05) is 11.4 Å². The van der Waals surface area contributed by atoms with Gasteiger partial charge in [0.25, 0.3) is 5.56 Å². The highest BCUT2D eigenvalue weighted by molar-refractivity contribution is 6.33. The molecule has 1 N–H and O–H groups in total. The third-order valence-electron chi connectivity index (χ3n) is 4.69. The van der Waals surface area contributed by atoms with Gasteiger partial charge in [0, 0.05) is 12.1 Å². The average Bonchev–Trinajstić information content (AvgIpc) is 2.65. The maximum atomic E-state index is 11.7. The second-order valence-electron chi connectivity index (χ2n) is 6.64. The summed E-state index contributed by atoms with van der Waals surface area (Å²) in [6.07, 6.45) is 10.2. The van der Waals surface area contributed by atoms with Crippen LogP contribution < -0.4 is 15.2 Å². The molecule has 2 aromatic rings. The van der Waals surface area contributed by atoms with E-state index in [2.05, 4.69) is 20.2 Å². The Bertz CT molecular complexity index is 999. The summed E-state index contributed by atoms with van der Waals surface area (Å²) in [6, 6.07) is 0. The Morgan fingerprint density at radius 1 is 1.37 bits per heavy atom. The van der Waals surface area contributed by atoms with E-state index in [1.54, 1.807) is 6.20 Å². The van der Waals surface area contributed by atoms with Crippen molar-refractivity contribution in [1.29, 1.82) is 0 Å². The molecule has 0 saturated carbocycles. The minimum absolute atomic E-state index is 0.121. The molecule has 0 bridgehead atoms. The van der Waals surface area contributed by atoms with E-state index in [9.17, 15) is 4.79 Å². The summed E-state index contributed by atoms with van der Waals surface area (Å²) in [5.74, 6) is 1.18. The zero-order valence-corrected chi connectivity index (χ0v) is 16.1. The minimum Gasteiger partial charge on any atom is -0.441 e. The van der Waals surface area contributed by atoms with Crippen molar-refractivity contribution in [1.82, 2.24) is 20.2 Å². The molecule has 0 spiro atoms. The fourth-order valence-corrected chi connectivity index (χ4v) is 3.58. The van der Waals surface area contributed by atoms with Gasteiger partial charge >= 0.3 is 0 Å². The first-order chi connectivity index (χ1) is 13.0. The highest BCUT2D eigenvalue weighted by atomic mass is 35.5. The zero-order chi connectivity index (χ0) is 19.0. The normalized spacial score (nSPS) is 21.6. The van der Waals surface area contributed by atoms with E-state index in [-0.39, 0.29) is 5.02 Å². The molecular weight excluding hydrogens is 389 g/mol. The highest BCUT2D eigenvalue weighted by Gasteiger charge is 2.31. The lowest BCUT2D eigenvalue weighted by molar-refractivity contribution is 0.350. The van der Waals surface area contributed by atoms with Crippen LogP contribution in [0.2, 0.25) is 5.02 Å². The Balaban J connectivity index is 1.62. The van der Waals surface area contributed by atoms with Crippen molar-refractivity contribution in [3.63, 3.8) is 0 Å². The number of nitrogens with one attached hydrogen (secondary N) is 1. The van der Waals surface area contributed by atoms with Crippen molar-refractivity contribution in [2.45, 2.75) is 31.2 Å². The molecular formula is C18H17Cl2N5O2. The summed E-state index contributed by atoms with van der Waals surface area (Å²) in [7, 11) is 0. The van der Waals surface area contributed by atoms with E-state index >= 15 is 0 Å². The molecule has 0 amide bonds. The van der Waals surface area contributed by atoms with Gasteiger partial charge in [-0.2, -0.15) is 5.10 Å². The van der Waals surface area contributed by atoms with Crippen LogP contribution in [0, 0.1) is 0 Å². The third kappa shape index (κ3) is 3.44. The van der Waals surface area contributed by atoms with E-state index < -0.39 is 10.4 Å². The van der Waals surface area contributed by atoms with Crippen LogP contribution in [0.1, 0.15) is 24.6 Å². The first-order valence-corrected chi connectivity index (χ1v) is 9.26. The number of aromatic nitrogens is 4. The Hall–Kier alpha value is -2.38. The van der Waals surface area contributed by atoms with Crippen LogP contribution in [-0.2, 0) is 13.0 Å². The van der Waals surface area contributed by atoms with E-state index in [4.69, 9.17) is 27.9 Å². The van der Waals surface area contributed by atoms with Crippen LogP contribution in [0.3, 0.4) is 0 Å². The summed E-state index contributed by atoms with van der Waals surface area (Å²) in [4.78, 5) is 21.8. The van der Waals surface area contributed by atoms with Gasteiger partial charge < -0.3 is 9.64 Å². The molecule has 1 aliphatic carbocycles. The molecule has 0 radical (unpaired) electrons. The number of hydrogen-bond donors (Lipinski definition) is 1. The number of allylic oxidation sites excluding steroid dienone is 4. The molecule has 4 rings (SSSR count). The monoisotopic (exact) mass is 405 g/mol. The number of H-pyrrole nitrogens is 1. The van der Waals surface area contributed by atoms with Gasteiger partial charge in [0.15, 0.2) is 0 Å². The predicted octanol–water partition coefficient (Wildman–Crippen LogP) is 3.00. The second kappa shape index (κ2) is 6.98. The molecule has 2 aromatic heterocycles. The Morgan fingerprint density at radius 2 is 2.22 bits per heavy atom. The molecule has 27 heavy (non-hydrogen) atoms. The maximum absolute atomic E-state index is 11.7. The summed E-state index contributed by atoms with van der Waals surface area (Å²) in [5.41, 5.74) is 1.93. The van der Waals surface area contributed by atoms with Crippen molar-refractivity contribution in [3.05, 3.63) is 63.1 Å². The van der Waals surface area contributed by atoms with Crippen molar-refractivity contribution in [3.8, 4) is 5.88 Å². The zero-order valence-electron chi connectivity index (χ0n) is 14.6. The third-order valence-corrected chi connectivity index (χ3v) is 5.40. The quantitative estimate of drug-likeness (QED) is 0.790. The number of nitrogens with zero attached hydrogens (tertiary/aromatic N) is 4. The van der Waals surface area contributed by atoms with Crippen LogP contribution in [-0.4, -0.2) is 31.6 Å². The number of fused-ring (bicyclic) bond motifs is 1. The summed E-state index contributed by atoms with van der Waals surface area (Å²) < 4.78 is 6.07. The highest BCUT2D eigenvalue weighted by Crippen LogP contribution is 2.36. The van der Waals surface area contributed by atoms with E-state index in [0.717, 1.165) is 11.3 Å². The first kappa shape index (κ1) is 18.0. The van der Waals surface area contributed by atoms with Gasteiger partial charge in [-0.15, -0.1) is 11.6 Å². The number of anilines is 1. The number of rotatable bonds is 3. The van der Waals surface area contributed by atoms with Gasteiger partial charge in [0.05, 0.1) is 24.1 Å². The predicted molar refractivity (Wildman–Crippen MR) is 103 cm³/mol. The van der Waals surface area contributed by atoms with Crippen molar-refractivity contribution in [2.24, 2.45) is 0 Å². The number of aromatic amines is 1. The van der Waals surface area contributed by atoms with Gasteiger partial charge in [0.1, 0.15) is 22.0 Å². The van der Waals surface area contributed by atoms with E-state index in [1.807, 2.05) is 30.1 Å². The SMILES string of the molecule is CC1(Cl)CC=CC=C1Oc1ncnc2c1CCN(c1cn[nH]c(=O)c1Cl)C2. The van der Waals surface area contributed by atoms with Crippen LogP contribution in [0.5, 0.6) is 5.88 Å². The summed E-state index contributed by atoms with van der Waals surface area (Å²) >= 11 is 12.7. The largest absolute Gasteiger partial charge is 0.441 e. The average molecular weight is 406 g/mol. The smallest absolute Gasteiger partial charge is 0.285 e. The minimum atomic E-state index is -0.600. The number of ether oxygens (including phenoxy) is 1. The molecule has 0 aromatic carbocycles. The lowest BCUT2D eigenvalue weighted by Crippen LogP contribution is -2.33. The van der Waals surface area contributed by atoms with Gasteiger partial charge in [-0.05, 0) is 25.8 Å². The molecule has 140 valence electrons. The Labute approximate surface area is 165 Å². The lowest BCUT2D eigenvalue weighted by Gasteiger charge is -2.31. The molecule has 0 saturated heterocycles. The Morgan fingerprint density at radius 3 is 3.04 bits per heavy atom.